The van der Waals surface area contributed by atoms with Crippen LogP contribution >= 0.6 is 0 Å². The molecule has 0 radical (unpaired) electrons. The monoisotopic (exact) mass is 374 g/mol. The van der Waals surface area contributed by atoms with E-state index in [-0.39, 0.29) is 18.5 Å². The number of aryl methyl sites for hydroxylation is 3. The first-order valence-corrected chi connectivity index (χ1v) is 10.3. The van der Waals surface area contributed by atoms with E-state index in [9.17, 15) is 13.2 Å². The van der Waals surface area contributed by atoms with Gasteiger partial charge in [0.2, 0.25) is 15.9 Å². The molecule has 0 aliphatic carbocycles. The molecule has 1 amide bonds. The van der Waals surface area contributed by atoms with Gasteiger partial charge in [0.25, 0.3) is 0 Å². The summed E-state index contributed by atoms with van der Waals surface area (Å²) in [6.45, 7) is 7.43. The third-order valence-corrected chi connectivity index (χ3v) is 5.28. The molecule has 0 aromatic heterocycles. The molecule has 2 aromatic carbocycles. The Kier molecular flexibility index (Phi) is 6.08. The zero-order chi connectivity index (χ0) is 19.5. The van der Waals surface area contributed by atoms with Gasteiger partial charge in [-0.15, -0.1) is 0 Å². The van der Waals surface area contributed by atoms with Gasteiger partial charge in [0.05, 0.1) is 18.0 Å². The van der Waals surface area contributed by atoms with Crippen LogP contribution in [0, 0.1) is 20.8 Å². The topological polar surface area (TPSA) is 66.5 Å². The number of carbonyl (C=O) groups excluding carboxylic acids is 1. The summed E-state index contributed by atoms with van der Waals surface area (Å²) in [5.41, 5.74) is 4.51. The summed E-state index contributed by atoms with van der Waals surface area (Å²) >= 11 is 0. The van der Waals surface area contributed by atoms with E-state index >= 15 is 0 Å². The Balaban J connectivity index is 2.18. The number of amides is 1. The normalized spacial score (nSPS) is 12.5. The van der Waals surface area contributed by atoms with Crippen molar-refractivity contribution in [3.8, 4) is 0 Å². The summed E-state index contributed by atoms with van der Waals surface area (Å²) in [5, 5.41) is 2.87. The summed E-state index contributed by atoms with van der Waals surface area (Å²) in [4.78, 5) is 12.5. The molecule has 140 valence electrons. The SMILES string of the molecule is Cc1ccc(C(C)NC(=O)CN(c2cc(C)cc(C)c2)S(C)(=O)=O)cc1. The fourth-order valence-corrected chi connectivity index (χ4v) is 3.69. The Hall–Kier alpha value is -2.34. The first kappa shape index (κ1) is 20.0. The Morgan fingerprint density at radius 3 is 2.04 bits per heavy atom. The molecule has 0 fully saturated rings. The van der Waals surface area contributed by atoms with Gasteiger partial charge in [0.1, 0.15) is 6.54 Å². The molecule has 5 nitrogen and oxygen atoms in total. The van der Waals surface area contributed by atoms with Crippen LogP contribution in [0.1, 0.15) is 35.2 Å². The predicted molar refractivity (Wildman–Crippen MR) is 106 cm³/mol. The van der Waals surface area contributed by atoms with Crippen molar-refractivity contribution in [3.63, 3.8) is 0 Å². The van der Waals surface area contributed by atoms with Gasteiger partial charge in [-0.25, -0.2) is 8.42 Å². The fourth-order valence-electron chi connectivity index (χ4n) is 2.85. The van der Waals surface area contributed by atoms with Crippen LogP contribution in [0.3, 0.4) is 0 Å². The van der Waals surface area contributed by atoms with Crippen LogP contribution in [-0.4, -0.2) is 27.1 Å². The van der Waals surface area contributed by atoms with E-state index in [4.69, 9.17) is 0 Å². The van der Waals surface area contributed by atoms with Gasteiger partial charge >= 0.3 is 0 Å². The maximum absolute atomic E-state index is 12.5. The second-order valence-corrected chi connectivity index (χ2v) is 8.72. The molecule has 0 aliphatic heterocycles. The maximum atomic E-state index is 12.5. The molecular weight excluding hydrogens is 348 g/mol. The Morgan fingerprint density at radius 2 is 1.54 bits per heavy atom. The molecule has 0 spiro atoms. The van der Waals surface area contributed by atoms with Crippen molar-refractivity contribution in [2.75, 3.05) is 17.1 Å². The fraction of sp³-hybridized carbons (Fsp3) is 0.350. The zero-order valence-corrected chi connectivity index (χ0v) is 16.7. The Bertz CT molecular complexity index is 870. The first-order chi connectivity index (χ1) is 12.1. The number of hydrogen-bond acceptors (Lipinski definition) is 3. The molecule has 0 heterocycles. The Morgan fingerprint density at radius 1 is 1.00 bits per heavy atom. The van der Waals surface area contributed by atoms with Crippen LogP contribution in [-0.2, 0) is 14.8 Å². The largest absolute Gasteiger partial charge is 0.348 e. The molecule has 6 heteroatoms. The highest BCUT2D eigenvalue weighted by Crippen LogP contribution is 2.21. The van der Waals surface area contributed by atoms with Crippen molar-refractivity contribution in [2.24, 2.45) is 0 Å². The number of nitrogens with zero attached hydrogens (tertiary/aromatic N) is 1. The second kappa shape index (κ2) is 7.91. The highest BCUT2D eigenvalue weighted by molar-refractivity contribution is 7.92. The molecule has 2 rings (SSSR count). The summed E-state index contributed by atoms with van der Waals surface area (Å²) in [6.07, 6.45) is 1.11. The lowest BCUT2D eigenvalue weighted by Crippen LogP contribution is -2.41. The molecule has 1 atom stereocenters. The van der Waals surface area contributed by atoms with E-state index in [2.05, 4.69) is 5.32 Å². The second-order valence-electron chi connectivity index (χ2n) is 6.82. The lowest BCUT2D eigenvalue weighted by molar-refractivity contribution is -0.120. The number of sulfonamides is 1. The van der Waals surface area contributed by atoms with Crippen LogP contribution in [0.4, 0.5) is 5.69 Å². The summed E-state index contributed by atoms with van der Waals surface area (Å²) in [7, 11) is -3.58. The van der Waals surface area contributed by atoms with Gasteiger partial charge in [-0.2, -0.15) is 0 Å². The van der Waals surface area contributed by atoms with Crippen molar-refractivity contribution in [1.82, 2.24) is 5.32 Å². The van der Waals surface area contributed by atoms with Gasteiger partial charge in [0.15, 0.2) is 0 Å². The van der Waals surface area contributed by atoms with E-state index in [1.54, 1.807) is 12.1 Å². The van der Waals surface area contributed by atoms with Crippen molar-refractivity contribution < 1.29 is 13.2 Å². The molecular formula is C20H26N2O3S. The zero-order valence-electron chi connectivity index (χ0n) is 15.9. The summed E-state index contributed by atoms with van der Waals surface area (Å²) in [6, 6.07) is 13.2. The molecule has 2 aromatic rings. The molecule has 0 saturated heterocycles. The van der Waals surface area contributed by atoms with Crippen LogP contribution in [0.15, 0.2) is 42.5 Å². The van der Waals surface area contributed by atoms with E-state index in [1.807, 2.05) is 58.0 Å². The Labute approximate surface area is 156 Å². The quantitative estimate of drug-likeness (QED) is 0.844. The standard InChI is InChI=1S/C20H26N2O3S/c1-14-6-8-18(9-7-14)17(4)21-20(23)13-22(26(5,24)25)19-11-15(2)10-16(3)12-19/h6-12,17H,13H2,1-5H3,(H,21,23). The lowest BCUT2D eigenvalue weighted by atomic mass is 10.1. The van der Waals surface area contributed by atoms with Crippen molar-refractivity contribution in [2.45, 2.75) is 33.7 Å². The number of nitrogens with one attached hydrogen (secondary N) is 1. The average molecular weight is 375 g/mol. The van der Waals surface area contributed by atoms with E-state index < -0.39 is 10.0 Å². The van der Waals surface area contributed by atoms with Crippen LogP contribution in [0.2, 0.25) is 0 Å². The first-order valence-electron chi connectivity index (χ1n) is 8.48. The van der Waals surface area contributed by atoms with Gasteiger partial charge in [-0.1, -0.05) is 35.9 Å². The molecule has 0 saturated carbocycles. The maximum Gasteiger partial charge on any atom is 0.241 e. The number of rotatable bonds is 6. The van der Waals surface area contributed by atoms with Crippen molar-refractivity contribution >= 4 is 21.6 Å². The highest BCUT2D eigenvalue weighted by Gasteiger charge is 2.22. The van der Waals surface area contributed by atoms with Crippen LogP contribution < -0.4 is 9.62 Å². The smallest absolute Gasteiger partial charge is 0.241 e. The average Bonchev–Trinajstić information content (AvgIpc) is 2.51. The van der Waals surface area contributed by atoms with E-state index in [0.29, 0.717) is 5.69 Å². The minimum atomic E-state index is -3.58. The molecule has 1 N–H and O–H groups in total. The number of carbonyl (C=O) groups is 1. The predicted octanol–water partition coefficient (Wildman–Crippen LogP) is 3.26. The third-order valence-electron chi connectivity index (χ3n) is 4.14. The van der Waals surface area contributed by atoms with E-state index in [0.717, 1.165) is 32.8 Å². The molecule has 0 aliphatic rings. The number of anilines is 1. The van der Waals surface area contributed by atoms with Crippen LogP contribution in [0.5, 0.6) is 0 Å². The minimum absolute atomic E-state index is 0.205. The lowest BCUT2D eigenvalue weighted by Gasteiger charge is -2.24. The number of benzene rings is 2. The highest BCUT2D eigenvalue weighted by atomic mass is 32.2. The summed E-state index contributed by atoms with van der Waals surface area (Å²) in [5.74, 6) is -0.345. The number of hydrogen-bond donors (Lipinski definition) is 1. The summed E-state index contributed by atoms with van der Waals surface area (Å²) < 4.78 is 25.6. The van der Waals surface area contributed by atoms with Gasteiger partial charge in [-0.3, -0.25) is 9.10 Å². The van der Waals surface area contributed by atoms with Gasteiger partial charge in [-0.05, 0) is 56.5 Å². The molecule has 1 unspecified atom stereocenters. The third kappa shape index (κ3) is 5.33. The van der Waals surface area contributed by atoms with Crippen molar-refractivity contribution in [1.29, 1.82) is 0 Å². The van der Waals surface area contributed by atoms with Crippen molar-refractivity contribution in [3.05, 3.63) is 64.7 Å². The minimum Gasteiger partial charge on any atom is -0.348 e. The molecule has 26 heavy (non-hydrogen) atoms. The van der Waals surface area contributed by atoms with Gasteiger partial charge in [0, 0.05) is 0 Å². The molecule has 0 bridgehead atoms. The van der Waals surface area contributed by atoms with E-state index in [1.165, 1.54) is 0 Å². The van der Waals surface area contributed by atoms with Gasteiger partial charge < -0.3 is 5.32 Å². The van der Waals surface area contributed by atoms with Crippen LogP contribution in [0.25, 0.3) is 0 Å².